The average Bonchev–Trinajstić information content (AvgIpc) is 2.41. The number of carbonyl (C=O) groups is 1. The van der Waals surface area contributed by atoms with Gasteiger partial charge < -0.3 is 15.4 Å². The summed E-state index contributed by atoms with van der Waals surface area (Å²) < 4.78 is 5.57. The lowest BCUT2D eigenvalue weighted by molar-refractivity contribution is 0.237. The second kappa shape index (κ2) is 7.58. The Labute approximate surface area is 121 Å². The number of hydrogen-bond acceptors (Lipinski definition) is 2. The van der Waals surface area contributed by atoms with Crippen LogP contribution in [0.5, 0.6) is 5.75 Å². The molecule has 0 saturated carbocycles. The van der Waals surface area contributed by atoms with Gasteiger partial charge in [0.2, 0.25) is 0 Å². The molecule has 4 nitrogen and oxygen atoms in total. The topological polar surface area (TPSA) is 50.4 Å². The molecule has 20 heavy (non-hydrogen) atoms. The van der Waals surface area contributed by atoms with Crippen molar-refractivity contribution in [2.24, 2.45) is 0 Å². The zero-order chi connectivity index (χ0) is 15.0. The number of benzene rings is 1. The molecule has 110 valence electrons. The van der Waals surface area contributed by atoms with Gasteiger partial charge in [-0.2, -0.15) is 0 Å². The van der Waals surface area contributed by atoms with Gasteiger partial charge >= 0.3 is 6.03 Å². The Hall–Kier alpha value is -1.97. The lowest BCUT2D eigenvalue weighted by Crippen LogP contribution is -2.37. The molecule has 0 bridgehead atoms. The van der Waals surface area contributed by atoms with E-state index >= 15 is 0 Å². The molecule has 0 aliphatic rings. The monoisotopic (exact) mass is 276 g/mol. The van der Waals surface area contributed by atoms with Gasteiger partial charge in [-0.15, -0.1) is 6.58 Å². The van der Waals surface area contributed by atoms with Crippen molar-refractivity contribution in [2.45, 2.75) is 26.2 Å². The minimum atomic E-state index is -0.211. The first-order valence-electron chi connectivity index (χ1n) is 6.79. The molecule has 0 fully saturated rings. The van der Waals surface area contributed by atoms with Crippen LogP contribution in [0.2, 0.25) is 0 Å². The molecule has 0 saturated heterocycles. The van der Waals surface area contributed by atoms with Gasteiger partial charge in [0.25, 0.3) is 0 Å². The summed E-state index contributed by atoms with van der Waals surface area (Å²) in [6, 6.07) is 7.84. The average molecular weight is 276 g/mol. The normalized spacial score (nSPS) is 10.8. The summed E-state index contributed by atoms with van der Waals surface area (Å²) >= 11 is 0. The predicted molar refractivity (Wildman–Crippen MR) is 82.2 cm³/mol. The maximum atomic E-state index is 11.2. The van der Waals surface area contributed by atoms with E-state index in [1.54, 1.807) is 6.08 Å². The number of carbonyl (C=O) groups excluding carboxylic acids is 1. The zero-order valence-corrected chi connectivity index (χ0v) is 12.5. The molecular weight excluding hydrogens is 252 g/mol. The molecular formula is C16H24N2O2. The van der Waals surface area contributed by atoms with Crippen molar-refractivity contribution in [1.82, 2.24) is 10.6 Å². The molecule has 4 heteroatoms. The second-order valence-corrected chi connectivity index (χ2v) is 5.55. The molecule has 0 heterocycles. The first-order chi connectivity index (χ1) is 9.43. The highest BCUT2D eigenvalue weighted by Gasteiger charge is 2.12. The quantitative estimate of drug-likeness (QED) is 0.620. The van der Waals surface area contributed by atoms with Crippen molar-refractivity contribution in [3.8, 4) is 5.75 Å². The number of ether oxygens (including phenoxy) is 1. The van der Waals surface area contributed by atoms with E-state index in [9.17, 15) is 4.79 Å². The van der Waals surface area contributed by atoms with Crippen molar-refractivity contribution < 1.29 is 9.53 Å². The van der Waals surface area contributed by atoms with Crippen LogP contribution in [0, 0.1) is 0 Å². The number of nitrogens with one attached hydrogen (secondary N) is 2. The molecule has 0 unspecified atom stereocenters. The smallest absolute Gasteiger partial charge is 0.315 e. The summed E-state index contributed by atoms with van der Waals surface area (Å²) in [5.41, 5.74) is 1.41. The van der Waals surface area contributed by atoms with Crippen molar-refractivity contribution in [1.29, 1.82) is 0 Å². The first-order valence-corrected chi connectivity index (χ1v) is 6.79. The Kier molecular flexibility index (Phi) is 6.10. The summed E-state index contributed by atoms with van der Waals surface area (Å²) in [7, 11) is 0. The van der Waals surface area contributed by atoms with E-state index < -0.39 is 0 Å². The largest absolute Gasteiger partial charge is 0.492 e. The van der Waals surface area contributed by atoms with Gasteiger partial charge in [-0.25, -0.2) is 4.79 Å². The summed E-state index contributed by atoms with van der Waals surface area (Å²) in [5, 5.41) is 5.33. The number of amides is 2. The third-order valence-corrected chi connectivity index (χ3v) is 2.78. The van der Waals surface area contributed by atoms with Crippen LogP contribution in [0.15, 0.2) is 36.9 Å². The highest BCUT2D eigenvalue weighted by molar-refractivity contribution is 5.73. The van der Waals surface area contributed by atoms with Crippen LogP contribution in [-0.2, 0) is 5.41 Å². The number of urea groups is 1. The summed E-state index contributed by atoms with van der Waals surface area (Å²) in [6.45, 7) is 11.4. The van der Waals surface area contributed by atoms with Gasteiger partial charge in [0, 0.05) is 6.54 Å². The van der Waals surface area contributed by atoms with E-state index in [1.165, 1.54) is 5.56 Å². The van der Waals surface area contributed by atoms with Gasteiger partial charge in [0.1, 0.15) is 12.4 Å². The number of hydrogen-bond donors (Lipinski definition) is 2. The summed E-state index contributed by atoms with van der Waals surface area (Å²) in [5.74, 6) is 0.811. The molecule has 1 rings (SSSR count). The Bertz CT molecular complexity index is 433. The fraction of sp³-hybridized carbons (Fsp3) is 0.438. The number of rotatable bonds is 6. The lowest BCUT2D eigenvalue weighted by Gasteiger charge is -2.19. The fourth-order valence-electron chi connectivity index (χ4n) is 1.61. The molecule has 0 radical (unpaired) electrons. The SMILES string of the molecule is C=CCNC(=O)NCCOc1ccc(C(C)(C)C)cc1. The Morgan fingerprint density at radius 2 is 1.90 bits per heavy atom. The van der Waals surface area contributed by atoms with Crippen molar-refractivity contribution in [2.75, 3.05) is 19.7 Å². The van der Waals surface area contributed by atoms with Gasteiger partial charge in [-0.1, -0.05) is 39.0 Å². The van der Waals surface area contributed by atoms with Crippen molar-refractivity contribution >= 4 is 6.03 Å². The maximum absolute atomic E-state index is 11.2. The third kappa shape index (κ3) is 5.78. The van der Waals surface area contributed by atoms with Gasteiger partial charge in [0.15, 0.2) is 0 Å². The summed E-state index contributed by atoms with van der Waals surface area (Å²) in [4.78, 5) is 11.2. The summed E-state index contributed by atoms with van der Waals surface area (Å²) in [6.07, 6.45) is 1.63. The molecule has 0 atom stereocenters. The predicted octanol–water partition coefficient (Wildman–Crippen LogP) is 2.85. The zero-order valence-electron chi connectivity index (χ0n) is 12.5. The Balaban J connectivity index is 2.29. The first kappa shape index (κ1) is 16.1. The molecule has 1 aromatic carbocycles. The molecule has 0 aliphatic carbocycles. The van der Waals surface area contributed by atoms with E-state index in [2.05, 4.69) is 50.1 Å². The van der Waals surface area contributed by atoms with Gasteiger partial charge in [0.05, 0.1) is 6.54 Å². The highest BCUT2D eigenvalue weighted by atomic mass is 16.5. The maximum Gasteiger partial charge on any atom is 0.315 e. The van der Waals surface area contributed by atoms with Crippen LogP contribution in [-0.4, -0.2) is 25.7 Å². The Morgan fingerprint density at radius 1 is 1.25 bits per heavy atom. The van der Waals surface area contributed by atoms with Crippen molar-refractivity contribution in [3.63, 3.8) is 0 Å². The molecule has 2 amide bonds. The third-order valence-electron chi connectivity index (χ3n) is 2.78. The van der Waals surface area contributed by atoms with Crippen LogP contribution in [0.25, 0.3) is 0 Å². The van der Waals surface area contributed by atoms with E-state index in [1.807, 2.05) is 12.1 Å². The van der Waals surface area contributed by atoms with E-state index in [4.69, 9.17) is 4.74 Å². The minimum absolute atomic E-state index is 0.142. The fourth-order valence-corrected chi connectivity index (χ4v) is 1.61. The highest BCUT2D eigenvalue weighted by Crippen LogP contribution is 2.24. The van der Waals surface area contributed by atoms with Crippen LogP contribution in [0.4, 0.5) is 4.79 Å². The molecule has 0 aliphatic heterocycles. The van der Waals surface area contributed by atoms with Crippen LogP contribution in [0.3, 0.4) is 0 Å². The molecule has 0 spiro atoms. The minimum Gasteiger partial charge on any atom is -0.492 e. The van der Waals surface area contributed by atoms with Crippen LogP contribution in [0.1, 0.15) is 26.3 Å². The van der Waals surface area contributed by atoms with Crippen molar-refractivity contribution in [3.05, 3.63) is 42.5 Å². The Morgan fingerprint density at radius 3 is 2.45 bits per heavy atom. The van der Waals surface area contributed by atoms with Gasteiger partial charge in [-0.3, -0.25) is 0 Å². The molecule has 1 aromatic rings. The molecule has 0 aromatic heterocycles. The standard InChI is InChI=1S/C16H24N2O2/c1-5-10-17-15(19)18-11-12-20-14-8-6-13(7-9-14)16(2,3)4/h5-9H,1,10-12H2,2-4H3,(H2,17,18,19). The van der Waals surface area contributed by atoms with Crippen LogP contribution >= 0.6 is 0 Å². The molecule has 2 N–H and O–H groups in total. The second-order valence-electron chi connectivity index (χ2n) is 5.55. The van der Waals surface area contributed by atoms with Gasteiger partial charge in [-0.05, 0) is 23.1 Å². The van der Waals surface area contributed by atoms with Crippen LogP contribution < -0.4 is 15.4 Å². The lowest BCUT2D eigenvalue weighted by atomic mass is 9.87. The van der Waals surface area contributed by atoms with E-state index in [0.29, 0.717) is 19.7 Å². The van der Waals surface area contributed by atoms with E-state index in [0.717, 1.165) is 5.75 Å². The van der Waals surface area contributed by atoms with E-state index in [-0.39, 0.29) is 11.4 Å².